The summed E-state index contributed by atoms with van der Waals surface area (Å²) in [4.78, 5) is 5.57. The molecule has 0 saturated carbocycles. The Kier molecular flexibility index (Phi) is 6.33. The van der Waals surface area contributed by atoms with E-state index >= 15 is 0 Å². The Labute approximate surface area is 183 Å². The number of aromatic nitrogens is 1. The molecule has 7 heteroatoms. The van der Waals surface area contributed by atoms with Crippen LogP contribution in [0, 0.1) is 11.3 Å². The minimum atomic E-state index is 0.246. The van der Waals surface area contributed by atoms with Crippen LogP contribution in [0.3, 0.4) is 0 Å². The van der Waals surface area contributed by atoms with Crippen LogP contribution in [0.5, 0.6) is 5.75 Å². The van der Waals surface area contributed by atoms with Gasteiger partial charge >= 0.3 is 0 Å². The molecule has 30 heavy (non-hydrogen) atoms. The first kappa shape index (κ1) is 20.0. The van der Waals surface area contributed by atoms with E-state index in [9.17, 15) is 5.26 Å². The molecular formula is C23H18ClN3O2S. The van der Waals surface area contributed by atoms with Crippen LogP contribution in [0.4, 0.5) is 5.88 Å². The summed E-state index contributed by atoms with van der Waals surface area (Å²) in [7, 11) is 0. The molecule has 0 bridgehead atoms. The summed E-state index contributed by atoms with van der Waals surface area (Å²) >= 11 is 7.86. The molecule has 0 aliphatic heterocycles. The van der Waals surface area contributed by atoms with Crippen molar-refractivity contribution < 1.29 is 9.15 Å². The smallest absolute Gasteiger partial charge is 0.232 e. The van der Waals surface area contributed by atoms with Crippen LogP contribution in [0.1, 0.15) is 16.1 Å². The van der Waals surface area contributed by atoms with E-state index in [1.165, 1.54) is 4.88 Å². The van der Waals surface area contributed by atoms with Crippen molar-refractivity contribution in [3.63, 3.8) is 0 Å². The highest BCUT2D eigenvalue weighted by Gasteiger charge is 2.14. The molecule has 0 unspecified atom stereocenters. The number of halogens is 1. The lowest BCUT2D eigenvalue weighted by Crippen LogP contribution is -2.04. The van der Waals surface area contributed by atoms with Crippen molar-refractivity contribution in [3.05, 3.63) is 87.2 Å². The van der Waals surface area contributed by atoms with E-state index in [0.717, 1.165) is 17.5 Å². The number of nitrogens with zero attached hydrogens (tertiary/aromatic N) is 2. The maximum absolute atomic E-state index is 9.37. The van der Waals surface area contributed by atoms with Crippen LogP contribution in [-0.2, 0) is 13.0 Å². The summed E-state index contributed by atoms with van der Waals surface area (Å²) in [6.07, 6.45) is 0.857. The number of nitrogens with one attached hydrogen (secondary N) is 1. The minimum absolute atomic E-state index is 0.246. The summed E-state index contributed by atoms with van der Waals surface area (Å²) in [6.45, 7) is 1.05. The van der Waals surface area contributed by atoms with E-state index < -0.39 is 0 Å². The van der Waals surface area contributed by atoms with E-state index in [4.69, 9.17) is 20.8 Å². The van der Waals surface area contributed by atoms with Crippen molar-refractivity contribution in [1.29, 1.82) is 5.26 Å². The first-order valence-corrected chi connectivity index (χ1v) is 10.6. The van der Waals surface area contributed by atoms with Gasteiger partial charge in [-0.05, 0) is 48.2 Å². The van der Waals surface area contributed by atoms with Crippen LogP contribution < -0.4 is 10.1 Å². The van der Waals surface area contributed by atoms with Gasteiger partial charge in [0.25, 0.3) is 0 Å². The molecule has 0 amide bonds. The van der Waals surface area contributed by atoms with Crippen LogP contribution in [0.2, 0.25) is 5.02 Å². The maximum atomic E-state index is 9.37. The molecule has 2 heterocycles. The number of rotatable bonds is 8. The average molecular weight is 436 g/mol. The van der Waals surface area contributed by atoms with Crippen molar-refractivity contribution >= 4 is 28.8 Å². The standard InChI is InChI=1S/C23H18ClN3O2S/c24-20-6-2-1-4-17(20)15-28-18-9-7-16(8-10-18)22-27-21(14-25)23(29-22)26-12-11-19-5-3-13-30-19/h1-10,13,26H,11-12,15H2. The molecule has 4 rings (SSSR count). The summed E-state index contributed by atoms with van der Waals surface area (Å²) in [6, 6.07) is 21.2. The van der Waals surface area contributed by atoms with Crippen LogP contribution in [-0.4, -0.2) is 11.5 Å². The topological polar surface area (TPSA) is 71.1 Å². The van der Waals surface area contributed by atoms with Gasteiger partial charge < -0.3 is 14.5 Å². The fourth-order valence-electron chi connectivity index (χ4n) is 2.86. The summed E-state index contributed by atoms with van der Waals surface area (Å²) < 4.78 is 11.6. The number of hydrogen-bond donors (Lipinski definition) is 1. The molecule has 4 aromatic rings. The summed E-state index contributed by atoms with van der Waals surface area (Å²) in [5, 5.41) is 15.3. The number of anilines is 1. The van der Waals surface area contributed by atoms with Gasteiger partial charge in [0, 0.05) is 27.6 Å². The van der Waals surface area contributed by atoms with Gasteiger partial charge in [0.05, 0.1) is 0 Å². The van der Waals surface area contributed by atoms with Gasteiger partial charge in [-0.2, -0.15) is 10.2 Å². The Balaban J connectivity index is 1.40. The normalized spacial score (nSPS) is 10.5. The monoisotopic (exact) mass is 435 g/mol. The van der Waals surface area contributed by atoms with E-state index in [1.807, 2.05) is 60.0 Å². The second-order valence-electron chi connectivity index (χ2n) is 6.47. The van der Waals surface area contributed by atoms with Gasteiger partial charge in [-0.3, -0.25) is 0 Å². The molecule has 0 fully saturated rings. The molecule has 0 saturated heterocycles. The second kappa shape index (κ2) is 9.49. The highest BCUT2D eigenvalue weighted by atomic mass is 35.5. The third-order valence-corrected chi connectivity index (χ3v) is 5.73. The molecule has 2 aromatic heterocycles. The lowest BCUT2D eigenvalue weighted by molar-refractivity contribution is 0.306. The van der Waals surface area contributed by atoms with E-state index in [2.05, 4.69) is 22.4 Å². The average Bonchev–Trinajstić information content (AvgIpc) is 3.44. The van der Waals surface area contributed by atoms with Crippen molar-refractivity contribution in [2.75, 3.05) is 11.9 Å². The third kappa shape index (κ3) is 4.82. The van der Waals surface area contributed by atoms with Crippen molar-refractivity contribution in [2.24, 2.45) is 0 Å². The molecule has 0 spiro atoms. The molecule has 1 N–H and O–H groups in total. The SMILES string of the molecule is N#Cc1nc(-c2ccc(OCc3ccccc3Cl)cc2)oc1NCCc1cccs1. The quantitative estimate of drug-likeness (QED) is 0.358. The first-order chi connectivity index (χ1) is 14.7. The molecule has 0 radical (unpaired) electrons. The largest absolute Gasteiger partial charge is 0.489 e. The van der Waals surface area contributed by atoms with Gasteiger partial charge in [-0.1, -0.05) is 35.9 Å². The van der Waals surface area contributed by atoms with Crippen LogP contribution >= 0.6 is 22.9 Å². The number of hydrogen-bond acceptors (Lipinski definition) is 6. The number of benzene rings is 2. The number of oxazole rings is 1. The van der Waals surface area contributed by atoms with Gasteiger partial charge in [0.1, 0.15) is 18.4 Å². The Morgan fingerprint density at radius 3 is 2.67 bits per heavy atom. The third-order valence-electron chi connectivity index (χ3n) is 4.42. The lowest BCUT2D eigenvalue weighted by atomic mass is 10.2. The molecule has 5 nitrogen and oxygen atoms in total. The molecule has 0 atom stereocenters. The van der Waals surface area contributed by atoms with Crippen molar-refractivity contribution in [2.45, 2.75) is 13.0 Å². The fraction of sp³-hybridized carbons (Fsp3) is 0.130. The van der Waals surface area contributed by atoms with Gasteiger partial charge in [-0.25, -0.2) is 0 Å². The predicted octanol–water partition coefficient (Wildman–Crippen LogP) is 6.16. The van der Waals surface area contributed by atoms with Crippen molar-refractivity contribution in [1.82, 2.24) is 4.98 Å². The van der Waals surface area contributed by atoms with Gasteiger partial charge in [-0.15, -0.1) is 11.3 Å². The number of thiophene rings is 1. The molecule has 150 valence electrons. The zero-order valence-corrected chi connectivity index (χ0v) is 17.5. The number of nitriles is 1. The number of ether oxygens (including phenoxy) is 1. The molecule has 0 aliphatic rings. The van der Waals surface area contributed by atoms with Crippen LogP contribution in [0.15, 0.2) is 70.5 Å². The highest BCUT2D eigenvalue weighted by molar-refractivity contribution is 7.09. The van der Waals surface area contributed by atoms with Gasteiger partial charge in [0.15, 0.2) is 0 Å². The summed E-state index contributed by atoms with van der Waals surface area (Å²) in [5.74, 6) is 1.49. The Hall–Kier alpha value is -3.27. The van der Waals surface area contributed by atoms with E-state index in [0.29, 0.717) is 35.7 Å². The highest BCUT2D eigenvalue weighted by Crippen LogP contribution is 2.27. The zero-order valence-electron chi connectivity index (χ0n) is 16.0. The Morgan fingerprint density at radius 1 is 1.10 bits per heavy atom. The summed E-state index contributed by atoms with van der Waals surface area (Å²) in [5.41, 5.74) is 1.94. The molecule has 2 aromatic carbocycles. The molecular weight excluding hydrogens is 418 g/mol. The fourth-order valence-corrected chi connectivity index (χ4v) is 3.76. The van der Waals surface area contributed by atoms with Crippen LogP contribution in [0.25, 0.3) is 11.5 Å². The molecule has 0 aliphatic carbocycles. The van der Waals surface area contributed by atoms with E-state index in [-0.39, 0.29) is 5.69 Å². The predicted molar refractivity (Wildman–Crippen MR) is 119 cm³/mol. The minimum Gasteiger partial charge on any atom is -0.489 e. The lowest BCUT2D eigenvalue weighted by Gasteiger charge is -2.08. The first-order valence-electron chi connectivity index (χ1n) is 9.37. The Bertz CT molecular complexity index is 1150. The Morgan fingerprint density at radius 2 is 1.93 bits per heavy atom. The van der Waals surface area contributed by atoms with Crippen molar-refractivity contribution in [3.8, 4) is 23.3 Å². The zero-order chi connectivity index (χ0) is 20.8. The second-order valence-corrected chi connectivity index (χ2v) is 7.91. The van der Waals surface area contributed by atoms with Gasteiger partial charge in [0.2, 0.25) is 17.5 Å². The van der Waals surface area contributed by atoms with E-state index in [1.54, 1.807) is 11.3 Å². The maximum Gasteiger partial charge on any atom is 0.232 e.